The summed E-state index contributed by atoms with van der Waals surface area (Å²) in [5.74, 6) is -0.179. The van der Waals surface area contributed by atoms with Crippen LogP contribution in [-0.2, 0) is 0 Å². The first kappa shape index (κ1) is 15.9. The van der Waals surface area contributed by atoms with Gasteiger partial charge in [-0.15, -0.1) is 23.5 Å². The second-order valence-electron chi connectivity index (χ2n) is 4.46. The number of thioether (sulfide) groups is 2. The lowest BCUT2D eigenvalue weighted by Crippen LogP contribution is -2.00. The topological polar surface area (TPSA) is 37.3 Å². The quantitative estimate of drug-likeness (QED) is 0.617. The Morgan fingerprint density at radius 3 is 2.24 bits per heavy atom. The van der Waals surface area contributed by atoms with E-state index in [-0.39, 0.29) is 5.56 Å². The highest BCUT2D eigenvalue weighted by Gasteiger charge is 2.10. The molecule has 0 amide bonds. The molecule has 0 aromatic heterocycles. The first-order valence-corrected chi connectivity index (χ1v) is 8.38. The maximum Gasteiger partial charge on any atom is 0.338 e. The van der Waals surface area contributed by atoms with E-state index < -0.39 is 11.8 Å². The molecule has 0 radical (unpaired) electrons. The van der Waals surface area contributed by atoms with Crippen molar-refractivity contribution in [2.45, 2.75) is 16.7 Å². The normalized spacial score (nSPS) is 10.6. The Labute approximate surface area is 131 Å². The van der Waals surface area contributed by atoms with Crippen molar-refractivity contribution >= 4 is 29.5 Å². The fourth-order valence-corrected chi connectivity index (χ4v) is 3.54. The van der Waals surface area contributed by atoms with Gasteiger partial charge in [-0.05, 0) is 37.3 Å². The average molecular weight is 322 g/mol. The summed E-state index contributed by atoms with van der Waals surface area (Å²) in [5.41, 5.74) is 0.965. The molecule has 2 aromatic carbocycles. The first-order valence-electron chi connectivity index (χ1n) is 6.41. The summed E-state index contributed by atoms with van der Waals surface area (Å²) in [7, 11) is 0. The van der Waals surface area contributed by atoms with Crippen LogP contribution in [0, 0.1) is 12.7 Å². The van der Waals surface area contributed by atoms with E-state index in [9.17, 15) is 9.18 Å². The molecule has 0 fully saturated rings. The smallest absolute Gasteiger partial charge is 0.338 e. The molecular weight excluding hydrogens is 307 g/mol. The summed E-state index contributed by atoms with van der Waals surface area (Å²) in [6.07, 6.45) is 0. The van der Waals surface area contributed by atoms with E-state index in [0.717, 1.165) is 16.4 Å². The lowest BCUT2D eigenvalue weighted by Gasteiger charge is -2.04. The number of carboxylic acid groups (broad SMARTS) is 1. The number of halogens is 1. The molecule has 110 valence electrons. The Bertz CT molecular complexity index is 627. The fourth-order valence-electron chi connectivity index (χ4n) is 1.71. The Balaban J connectivity index is 1.85. The number of carboxylic acids is 1. The molecule has 0 aliphatic carbocycles. The number of rotatable bonds is 6. The van der Waals surface area contributed by atoms with Crippen molar-refractivity contribution in [2.75, 3.05) is 11.5 Å². The number of benzene rings is 2. The van der Waals surface area contributed by atoms with Crippen LogP contribution in [0.3, 0.4) is 0 Å². The standard InChI is InChI=1S/C16H15FO2S2/c1-11-2-4-12(5-3-11)20-8-9-21-13-6-7-15(17)14(10-13)16(18)19/h2-7,10H,8-9H2,1H3,(H,18,19). The van der Waals surface area contributed by atoms with Crippen LogP contribution in [0.4, 0.5) is 4.39 Å². The minimum atomic E-state index is -1.23. The van der Waals surface area contributed by atoms with Gasteiger partial charge in [0.15, 0.2) is 0 Å². The number of aryl methyl sites for hydroxylation is 1. The highest BCUT2D eigenvalue weighted by molar-refractivity contribution is 8.03. The predicted molar refractivity (Wildman–Crippen MR) is 86.0 cm³/mol. The lowest BCUT2D eigenvalue weighted by atomic mass is 10.2. The Hall–Kier alpha value is -1.46. The molecule has 0 bridgehead atoms. The van der Waals surface area contributed by atoms with Gasteiger partial charge >= 0.3 is 5.97 Å². The highest BCUT2D eigenvalue weighted by atomic mass is 32.2. The van der Waals surface area contributed by atoms with Crippen LogP contribution < -0.4 is 0 Å². The van der Waals surface area contributed by atoms with Gasteiger partial charge in [0.2, 0.25) is 0 Å². The van der Waals surface area contributed by atoms with Crippen molar-refractivity contribution in [3.05, 3.63) is 59.4 Å². The molecule has 2 rings (SSSR count). The molecule has 0 saturated heterocycles. The number of aromatic carboxylic acids is 1. The molecule has 0 spiro atoms. The van der Waals surface area contributed by atoms with Crippen LogP contribution in [0.2, 0.25) is 0 Å². The number of hydrogen-bond acceptors (Lipinski definition) is 3. The van der Waals surface area contributed by atoms with E-state index in [2.05, 4.69) is 31.2 Å². The molecule has 0 unspecified atom stereocenters. The van der Waals surface area contributed by atoms with E-state index in [1.807, 2.05) is 0 Å². The van der Waals surface area contributed by atoms with Crippen LogP contribution >= 0.6 is 23.5 Å². The van der Waals surface area contributed by atoms with Gasteiger partial charge in [0.05, 0.1) is 5.56 Å². The van der Waals surface area contributed by atoms with Gasteiger partial charge < -0.3 is 5.11 Å². The molecule has 1 N–H and O–H groups in total. The van der Waals surface area contributed by atoms with Crippen molar-refractivity contribution in [1.82, 2.24) is 0 Å². The first-order chi connectivity index (χ1) is 10.1. The third kappa shape index (κ3) is 4.79. The van der Waals surface area contributed by atoms with Gasteiger partial charge in [-0.25, -0.2) is 9.18 Å². The summed E-state index contributed by atoms with van der Waals surface area (Å²) in [5, 5.41) is 8.88. The molecule has 0 aliphatic rings. The van der Waals surface area contributed by atoms with Crippen LogP contribution in [0.25, 0.3) is 0 Å². The van der Waals surface area contributed by atoms with E-state index >= 15 is 0 Å². The number of carbonyl (C=O) groups is 1. The molecule has 0 saturated carbocycles. The zero-order chi connectivity index (χ0) is 15.2. The Morgan fingerprint density at radius 1 is 1.05 bits per heavy atom. The van der Waals surface area contributed by atoms with E-state index in [4.69, 9.17) is 5.11 Å². The summed E-state index contributed by atoms with van der Waals surface area (Å²) < 4.78 is 13.3. The maximum atomic E-state index is 13.3. The SMILES string of the molecule is Cc1ccc(SCCSc2ccc(F)c(C(=O)O)c2)cc1. The monoisotopic (exact) mass is 322 g/mol. The third-order valence-corrected chi connectivity index (χ3v) is 5.08. The largest absolute Gasteiger partial charge is 0.478 e. The fraction of sp³-hybridized carbons (Fsp3) is 0.188. The molecule has 2 aromatic rings. The lowest BCUT2D eigenvalue weighted by molar-refractivity contribution is 0.0691. The third-order valence-electron chi connectivity index (χ3n) is 2.81. The number of hydrogen-bond donors (Lipinski definition) is 1. The van der Waals surface area contributed by atoms with Gasteiger partial charge in [0.1, 0.15) is 5.82 Å². The predicted octanol–water partition coefficient (Wildman–Crippen LogP) is 4.72. The second-order valence-corrected chi connectivity index (χ2v) is 6.79. The molecule has 2 nitrogen and oxygen atoms in total. The summed E-state index contributed by atoms with van der Waals surface area (Å²) in [4.78, 5) is 12.9. The van der Waals surface area contributed by atoms with Gasteiger partial charge in [-0.1, -0.05) is 17.7 Å². The maximum absolute atomic E-state index is 13.3. The van der Waals surface area contributed by atoms with Crippen LogP contribution in [0.5, 0.6) is 0 Å². The summed E-state index contributed by atoms with van der Waals surface area (Å²) in [6.45, 7) is 2.05. The van der Waals surface area contributed by atoms with Gasteiger partial charge in [-0.2, -0.15) is 0 Å². The molecule has 21 heavy (non-hydrogen) atoms. The zero-order valence-electron chi connectivity index (χ0n) is 11.5. The summed E-state index contributed by atoms with van der Waals surface area (Å²) in [6, 6.07) is 12.5. The van der Waals surface area contributed by atoms with Crippen LogP contribution in [-0.4, -0.2) is 22.6 Å². The van der Waals surface area contributed by atoms with E-state index in [1.54, 1.807) is 17.8 Å². The molecule has 5 heteroatoms. The Morgan fingerprint density at radius 2 is 1.62 bits per heavy atom. The van der Waals surface area contributed by atoms with Crippen molar-refractivity contribution in [3.63, 3.8) is 0 Å². The zero-order valence-corrected chi connectivity index (χ0v) is 13.1. The van der Waals surface area contributed by atoms with Crippen molar-refractivity contribution in [1.29, 1.82) is 0 Å². The van der Waals surface area contributed by atoms with E-state index in [1.165, 1.54) is 34.4 Å². The van der Waals surface area contributed by atoms with Crippen molar-refractivity contribution in [2.24, 2.45) is 0 Å². The van der Waals surface area contributed by atoms with E-state index in [0.29, 0.717) is 0 Å². The second kappa shape index (κ2) is 7.52. The highest BCUT2D eigenvalue weighted by Crippen LogP contribution is 2.24. The molecule has 0 heterocycles. The van der Waals surface area contributed by atoms with Crippen LogP contribution in [0.15, 0.2) is 52.3 Å². The molecule has 0 atom stereocenters. The average Bonchev–Trinajstić information content (AvgIpc) is 2.46. The molecule has 0 aliphatic heterocycles. The molecular formula is C16H15FO2S2. The van der Waals surface area contributed by atoms with Crippen molar-refractivity contribution < 1.29 is 14.3 Å². The summed E-state index contributed by atoms with van der Waals surface area (Å²) >= 11 is 3.28. The Kier molecular flexibility index (Phi) is 5.70. The van der Waals surface area contributed by atoms with Crippen LogP contribution in [0.1, 0.15) is 15.9 Å². The van der Waals surface area contributed by atoms with Gasteiger partial charge in [0, 0.05) is 21.3 Å². The van der Waals surface area contributed by atoms with Crippen molar-refractivity contribution in [3.8, 4) is 0 Å². The minimum absolute atomic E-state index is 0.272. The van der Waals surface area contributed by atoms with Gasteiger partial charge in [-0.3, -0.25) is 0 Å². The minimum Gasteiger partial charge on any atom is -0.478 e. The van der Waals surface area contributed by atoms with Gasteiger partial charge in [0.25, 0.3) is 0 Å².